The molecular formula is C30H28N2O14S4. The zero-order valence-corrected chi connectivity index (χ0v) is 29.7. The summed E-state index contributed by atoms with van der Waals surface area (Å²) in [5.74, 6) is -1.10. The highest BCUT2D eigenvalue weighted by molar-refractivity contribution is 7.87. The molecule has 50 heavy (non-hydrogen) atoms. The summed E-state index contributed by atoms with van der Waals surface area (Å²) < 4.78 is 131. The Morgan fingerprint density at radius 2 is 0.760 bits per heavy atom. The van der Waals surface area contributed by atoms with Crippen molar-refractivity contribution < 1.29 is 60.1 Å². The molecule has 0 aliphatic rings. The van der Waals surface area contributed by atoms with Crippen LogP contribution < -0.4 is 17.8 Å². The summed E-state index contributed by atoms with van der Waals surface area (Å²) in [6, 6.07) is 17.6. The van der Waals surface area contributed by atoms with Crippen molar-refractivity contribution in [2.75, 3.05) is 14.2 Å². The van der Waals surface area contributed by atoms with Crippen LogP contribution in [-0.2, 0) is 49.0 Å². The smallest absolute Gasteiger partial charge is 0.358 e. The molecule has 0 N–H and O–H groups in total. The Balaban J connectivity index is 1.39. The molecule has 266 valence electrons. The molecule has 0 saturated heterocycles. The van der Waals surface area contributed by atoms with Crippen molar-refractivity contribution in [3.05, 3.63) is 96.1 Å². The van der Waals surface area contributed by atoms with Crippen LogP contribution in [0, 0.1) is 13.8 Å². The molecule has 0 fully saturated rings. The highest BCUT2D eigenvalue weighted by Gasteiger charge is 2.24. The van der Waals surface area contributed by atoms with Crippen LogP contribution >= 0.6 is 0 Å². The van der Waals surface area contributed by atoms with Crippen molar-refractivity contribution in [1.82, 2.24) is 0 Å². The maximum absolute atomic E-state index is 12.6. The fraction of sp³-hybridized carbons (Fsp3) is 0.133. The normalized spacial score (nSPS) is 12.5. The van der Waals surface area contributed by atoms with E-state index in [1.807, 2.05) is 0 Å². The highest BCUT2D eigenvalue weighted by Crippen LogP contribution is 2.34. The highest BCUT2D eigenvalue weighted by atomic mass is 32.2. The summed E-state index contributed by atoms with van der Waals surface area (Å²) in [6.07, 6.45) is 1.31. The van der Waals surface area contributed by atoms with E-state index in [2.05, 4.69) is 18.9 Å². The molecule has 0 aliphatic carbocycles. The summed E-state index contributed by atoms with van der Waals surface area (Å²) in [5.41, 5.74) is 1.65. The van der Waals surface area contributed by atoms with Crippen molar-refractivity contribution >= 4 is 52.9 Å². The quantitative estimate of drug-likeness (QED) is 0.0951. The van der Waals surface area contributed by atoms with Gasteiger partial charge in [-0.05, 0) is 62.4 Å². The van der Waals surface area contributed by atoms with Gasteiger partial charge in [0.15, 0.2) is 23.0 Å². The molecule has 16 nitrogen and oxygen atoms in total. The van der Waals surface area contributed by atoms with Gasteiger partial charge in [0.25, 0.3) is 0 Å². The van der Waals surface area contributed by atoms with Gasteiger partial charge in [-0.3, -0.25) is 8.57 Å². The largest absolute Gasteiger partial charge is 0.493 e. The summed E-state index contributed by atoms with van der Waals surface area (Å²) in [5, 5.41) is 6.40. The molecule has 0 unspecified atom stereocenters. The Hall–Kier alpha value is -5.18. The second-order valence-electron chi connectivity index (χ2n) is 9.89. The maximum atomic E-state index is 12.6. The third kappa shape index (κ3) is 9.28. The number of oxime groups is 2. The molecule has 0 atom stereocenters. The summed E-state index contributed by atoms with van der Waals surface area (Å²) in [4.78, 5) is -1.24. The molecule has 4 aromatic carbocycles. The molecule has 0 bridgehead atoms. The molecule has 4 aromatic rings. The zero-order valence-electron chi connectivity index (χ0n) is 26.5. The van der Waals surface area contributed by atoms with E-state index in [0.29, 0.717) is 12.4 Å². The Kier molecular flexibility index (Phi) is 11.4. The SMILES string of the molecule is COc1cc(S(=O)(=O)O/N=C/C=N/OS(=O)(=O)c2ccc(OS(=O)(=O)c3ccc(C)cc3)c(OC)c2)ccc1OS(=O)(=O)c1ccc(C)cc1. The monoisotopic (exact) mass is 768 g/mol. The van der Waals surface area contributed by atoms with Crippen LogP contribution in [0.4, 0.5) is 0 Å². The first-order valence-electron chi connectivity index (χ1n) is 13.8. The van der Waals surface area contributed by atoms with E-state index < -0.39 is 50.3 Å². The lowest BCUT2D eigenvalue weighted by atomic mass is 10.2. The fourth-order valence-electron chi connectivity index (χ4n) is 3.79. The van der Waals surface area contributed by atoms with Crippen molar-refractivity contribution in [3.8, 4) is 23.0 Å². The van der Waals surface area contributed by atoms with Gasteiger partial charge in [0, 0.05) is 12.1 Å². The summed E-state index contributed by atoms with van der Waals surface area (Å²) in [7, 11) is -15.4. The van der Waals surface area contributed by atoms with Gasteiger partial charge < -0.3 is 17.8 Å². The number of nitrogens with zero attached hydrogens (tertiary/aromatic N) is 2. The first kappa shape index (κ1) is 37.6. The van der Waals surface area contributed by atoms with Crippen LogP contribution in [0.2, 0.25) is 0 Å². The van der Waals surface area contributed by atoms with Crippen LogP contribution in [0.15, 0.2) is 115 Å². The van der Waals surface area contributed by atoms with Crippen LogP contribution in [0.3, 0.4) is 0 Å². The Bertz CT molecular complexity index is 2190. The number of methoxy groups -OCH3 is 2. The maximum Gasteiger partial charge on any atom is 0.358 e. The second kappa shape index (κ2) is 15.2. The molecule has 20 heteroatoms. The third-order valence-corrected chi connectivity index (χ3v) is 11.1. The number of hydrogen-bond acceptors (Lipinski definition) is 16. The molecule has 4 rings (SSSR count). The van der Waals surface area contributed by atoms with Gasteiger partial charge in [0.05, 0.1) is 26.6 Å². The average molecular weight is 769 g/mol. The number of aryl methyl sites for hydroxylation is 2. The minimum atomic E-state index is -4.59. The van der Waals surface area contributed by atoms with Crippen molar-refractivity contribution in [2.45, 2.75) is 33.4 Å². The van der Waals surface area contributed by atoms with E-state index in [0.717, 1.165) is 61.7 Å². The van der Waals surface area contributed by atoms with Gasteiger partial charge in [-0.1, -0.05) is 45.7 Å². The van der Waals surface area contributed by atoms with E-state index in [1.54, 1.807) is 38.1 Å². The number of rotatable bonds is 15. The van der Waals surface area contributed by atoms with Crippen LogP contribution in [-0.4, -0.2) is 60.3 Å². The standard InChI is InChI=1S/C30H28N2O14S4/c1-21-5-9-23(10-6-21)47(33,34)43-27-15-13-25(19-29(27)41-3)49(37,38)45-31-17-18-32-46-50(39,40)26-14-16-28(30(20-26)42-4)44-48(35,36)24-11-7-22(2)8-12-24/h5-20H,1-4H3/b31-17+,32-18+. The Labute approximate surface area is 289 Å². The van der Waals surface area contributed by atoms with E-state index in [4.69, 9.17) is 17.8 Å². The predicted octanol–water partition coefficient (Wildman–Crippen LogP) is 3.94. The van der Waals surface area contributed by atoms with Crippen LogP contribution in [0.1, 0.15) is 11.1 Å². The second-order valence-corrected chi connectivity index (χ2v) is 16.0. The van der Waals surface area contributed by atoms with Crippen molar-refractivity contribution in [3.63, 3.8) is 0 Å². The minimum Gasteiger partial charge on any atom is -0.493 e. The molecule has 0 saturated carbocycles. The molecule has 0 amide bonds. The van der Waals surface area contributed by atoms with E-state index in [1.165, 1.54) is 24.3 Å². The lowest BCUT2D eigenvalue weighted by Crippen LogP contribution is -2.11. The van der Waals surface area contributed by atoms with Gasteiger partial charge in [-0.15, -0.1) is 0 Å². The van der Waals surface area contributed by atoms with Gasteiger partial charge in [-0.25, -0.2) is 0 Å². The van der Waals surface area contributed by atoms with Crippen molar-refractivity contribution in [1.29, 1.82) is 0 Å². The molecule has 0 aromatic heterocycles. The van der Waals surface area contributed by atoms with E-state index in [-0.39, 0.29) is 32.8 Å². The molecule has 0 heterocycles. The van der Waals surface area contributed by atoms with Gasteiger partial charge in [0.2, 0.25) is 0 Å². The fourth-order valence-corrected chi connectivity index (χ4v) is 7.14. The first-order chi connectivity index (χ1) is 23.5. The molecule has 0 radical (unpaired) electrons. The minimum absolute atomic E-state index is 0.132. The van der Waals surface area contributed by atoms with E-state index >= 15 is 0 Å². The van der Waals surface area contributed by atoms with Crippen molar-refractivity contribution in [2.24, 2.45) is 10.3 Å². The predicted molar refractivity (Wildman–Crippen MR) is 177 cm³/mol. The molecule has 0 aliphatic heterocycles. The number of benzene rings is 4. The molecular weight excluding hydrogens is 741 g/mol. The lowest BCUT2D eigenvalue weighted by molar-refractivity contribution is 0.336. The summed E-state index contributed by atoms with van der Waals surface area (Å²) in [6.45, 7) is 3.56. The number of hydrogen-bond donors (Lipinski definition) is 0. The number of ether oxygens (including phenoxy) is 2. The zero-order chi connectivity index (χ0) is 36.7. The Morgan fingerprint density at radius 1 is 0.440 bits per heavy atom. The van der Waals surface area contributed by atoms with Gasteiger partial charge >= 0.3 is 40.5 Å². The Morgan fingerprint density at radius 3 is 1.08 bits per heavy atom. The third-order valence-electron chi connectivity index (χ3n) is 6.34. The summed E-state index contributed by atoms with van der Waals surface area (Å²) >= 11 is 0. The first-order valence-corrected chi connectivity index (χ1v) is 19.4. The van der Waals surface area contributed by atoms with Crippen LogP contribution in [0.5, 0.6) is 23.0 Å². The lowest BCUT2D eigenvalue weighted by Gasteiger charge is -2.12. The van der Waals surface area contributed by atoms with Gasteiger partial charge in [-0.2, -0.15) is 33.7 Å². The van der Waals surface area contributed by atoms with Crippen LogP contribution in [0.25, 0.3) is 0 Å². The molecule has 0 spiro atoms. The average Bonchev–Trinajstić information content (AvgIpc) is 3.06. The van der Waals surface area contributed by atoms with Gasteiger partial charge in [0.1, 0.15) is 19.6 Å². The topological polar surface area (TPSA) is 217 Å². The van der Waals surface area contributed by atoms with E-state index in [9.17, 15) is 33.7 Å².